The van der Waals surface area contributed by atoms with E-state index in [0.29, 0.717) is 24.3 Å². The predicted molar refractivity (Wildman–Crippen MR) is 94.8 cm³/mol. The fourth-order valence-corrected chi connectivity index (χ4v) is 2.91. The fourth-order valence-electron chi connectivity index (χ4n) is 2.91. The van der Waals surface area contributed by atoms with Crippen LogP contribution in [0.2, 0.25) is 0 Å². The topological polar surface area (TPSA) is 46.9 Å². The number of rotatable bonds is 5. The van der Waals surface area contributed by atoms with Crippen molar-refractivity contribution in [3.05, 3.63) is 88.8 Å². The molecule has 4 nitrogen and oxygen atoms in total. The third-order valence-electron chi connectivity index (χ3n) is 4.15. The van der Waals surface area contributed by atoms with Crippen LogP contribution in [-0.4, -0.2) is 15.5 Å². The summed E-state index contributed by atoms with van der Waals surface area (Å²) in [5, 5.41) is 2.89. The molecule has 2 aromatic heterocycles. The largest absolute Gasteiger partial charge is 0.345 e. The number of nitrogens with zero attached hydrogens (tertiary/aromatic N) is 2. The van der Waals surface area contributed by atoms with Crippen LogP contribution in [0.15, 0.2) is 54.7 Å². The Morgan fingerprint density at radius 1 is 1.16 bits per heavy atom. The molecule has 0 saturated carbocycles. The van der Waals surface area contributed by atoms with Crippen molar-refractivity contribution in [3.8, 4) is 0 Å². The summed E-state index contributed by atoms with van der Waals surface area (Å²) in [5.41, 5.74) is 3.69. The Bertz CT molecular complexity index is 887. The van der Waals surface area contributed by atoms with Gasteiger partial charge in [-0.1, -0.05) is 24.3 Å². The molecule has 2 heterocycles. The van der Waals surface area contributed by atoms with Crippen LogP contribution in [0.25, 0.3) is 0 Å². The predicted octanol–water partition coefficient (Wildman–Crippen LogP) is 3.62. The summed E-state index contributed by atoms with van der Waals surface area (Å²) in [7, 11) is 0. The zero-order valence-electron chi connectivity index (χ0n) is 14.3. The number of hydrogen-bond acceptors (Lipinski definition) is 2. The van der Waals surface area contributed by atoms with E-state index in [2.05, 4.69) is 10.3 Å². The molecule has 0 spiro atoms. The highest BCUT2D eigenvalue weighted by Gasteiger charge is 2.18. The molecule has 0 fully saturated rings. The zero-order chi connectivity index (χ0) is 17.8. The summed E-state index contributed by atoms with van der Waals surface area (Å²) in [6.07, 6.45) is 1.69. The minimum atomic E-state index is -0.270. The summed E-state index contributed by atoms with van der Waals surface area (Å²) in [6.45, 7) is 4.48. The third-order valence-corrected chi connectivity index (χ3v) is 4.15. The van der Waals surface area contributed by atoms with E-state index in [9.17, 15) is 9.18 Å². The van der Waals surface area contributed by atoms with Crippen molar-refractivity contribution in [1.29, 1.82) is 0 Å². The number of hydrogen-bond donors (Lipinski definition) is 1. The molecule has 0 unspecified atom stereocenters. The van der Waals surface area contributed by atoms with Gasteiger partial charge in [-0.2, -0.15) is 0 Å². The average Bonchev–Trinajstić information content (AvgIpc) is 2.89. The molecule has 0 aliphatic heterocycles. The number of benzene rings is 1. The molecular formula is C20H20FN3O. The standard InChI is InChI=1S/C20H20FN3O/c1-14-11-15(2)24(13-16-7-3-4-9-18(16)21)19(14)20(25)23-12-17-8-5-6-10-22-17/h3-11H,12-13H2,1-2H3,(H,23,25). The quantitative estimate of drug-likeness (QED) is 0.773. The number of carbonyl (C=O) groups is 1. The molecule has 0 radical (unpaired) electrons. The van der Waals surface area contributed by atoms with Gasteiger partial charge in [0.2, 0.25) is 0 Å². The van der Waals surface area contributed by atoms with Gasteiger partial charge < -0.3 is 9.88 Å². The molecule has 0 aliphatic carbocycles. The first-order chi connectivity index (χ1) is 12.1. The average molecular weight is 337 g/mol. The number of nitrogens with one attached hydrogen (secondary N) is 1. The van der Waals surface area contributed by atoms with Gasteiger partial charge in [0.1, 0.15) is 11.5 Å². The molecule has 1 aromatic carbocycles. The lowest BCUT2D eigenvalue weighted by molar-refractivity contribution is 0.0940. The van der Waals surface area contributed by atoms with Crippen LogP contribution < -0.4 is 5.32 Å². The van der Waals surface area contributed by atoms with Crippen molar-refractivity contribution < 1.29 is 9.18 Å². The van der Waals surface area contributed by atoms with Crippen LogP contribution >= 0.6 is 0 Å². The second-order valence-electron chi connectivity index (χ2n) is 6.00. The van der Waals surface area contributed by atoms with Crippen molar-refractivity contribution in [1.82, 2.24) is 14.9 Å². The lowest BCUT2D eigenvalue weighted by Crippen LogP contribution is -2.27. The molecule has 1 N–H and O–H groups in total. The van der Waals surface area contributed by atoms with E-state index in [-0.39, 0.29) is 11.7 Å². The van der Waals surface area contributed by atoms with Gasteiger partial charge in [0, 0.05) is 17.5 Å². The highest BCUT2D eigenvalue weighted by molar-refractivity contribution is 5.94. The highest BCUT2D eigenvalue weighted by atomic mass is 19.1. The van der Waals surface area contributed by atoms with E-state index >= 15 is 0 Å². The van der Waals surface area contributed by atoms with Gasteiger partial charge in [-0.05, 0) is 43.7 Å². The number of halogens is 1. The summed E-state index contributed by atoms with van der Waals surface area (Å²) >= 11 is 0. The maximum Gasteiger partial charge on any atom is 0.268 e. The first kappa shape index (κ1) is 16.9. The van der Waals surface area contributed by atoms with E-state index < -0.39 is 0 Å². The molecule has 5 heteroatoms. The number of pyridine rings is 1. The molecule has 0 atom stereocenters. The molecule has 0 bridgehead atoms. The normalized spacial score (nSPS) is 10.7. The van der Waals surface area contributed by atoms with E-state index in [4.69, 9.17) is 0 Å². The number of amides is 1. The number of aryl methyl sites for hydroxylation is 2. The molecule has 0 aliphatic rings. The van der Waals surface area contributed by atoms with Gasteiger partial charge in [-0.25, -0.2) is 4.39 Å². The molecule has 25 heavy (non-hydrogen) atoms. The van der Waals surface area contributed by atoms with E-state index in [1.165, 1.54) is 6.07 Å². The van der Waals surface area contributed by atoms with Crippen LogP contribution in [0.1, 0.15) is 33.0 Å². The van der Waals surface area contributed by atoms with Gasteiger partial charge in [0.25, 0.3) is 5.91 Å². The van der Waals surface area contributed by atoms with Gasteiger partial charge in [-0.3, -0.25) is 9.78 Å². The van der Waals surface area contributed by atoms with Crippen LogP contribution in [0.4, 0.5) is 4.39 Å². The van der Waals surface area contributed by atoms with Crippen LogP contribution in [0, 0.1) is 19.7 Å². The summed E-state index contributed by atoms with van der Waals surface area (Å²) in [5.74, 6) is -0.458. The highest BCUT2D eigenvalue weighted by Crippen LogP contribution is 2.18. The van der Waals surface area contributed by atoms with Gasteiger partial charge >= 0.3 is 0 Å². The van der Waals surface area contributed by atoms with E-state index in [1.54, 1.807) is 24.4 Å². The number of carbonyl (C=O) groups excluding carboxylic acids is 1. The Balaban J connectivity index is 1.83. The molecule has 128 valence electrons. The smallest absolute Gasteiger partial charge is 0.268 e. The SMILES string of the molecule is Cc1cc(C)n(Cc2ccccc2F)c1C(=O)NCc1ccccn1. The molecule has 1 amide bonds. The van der Waals surface area contributed by atoms with Crippen molar-refractivity contribution in [2.45, 2.75) is 26.9 Å². The monoisotopic (exact) mass is 337 g/mol. The lowest BCUT2D eigenvalue weighted by Gasteiger charge is -2.13. The Hall–Kier alpha value is -2.95. The maximum absolute atomic E-state index is 14.0. The van der Waals surface area contributed by atoms with Crippen molar-refractivity contribution in [2.24, 2.45) is 0 Å². The van der Waals surface area contributed by atoms with Crippen LogP contribution in [-0.2, 0) is 13.1 Å². The zero-order valence-corrected chi connectivity index (χ0v) is 14.3. The van der Waals surface area contributed by atoms with Crippen molar-refractivity contribution in [3.63, 3.8) is 0 Å². The van der Waals surface area contributed by atoms with Gasteiger partial charge in [-0.15, -0.1) is 0 Å². The molecule has 3 aromatic rings. The van der Waals surface area contributed by atoms with Gasteiger partial charge in [0.05, 0.1) is 18.8 Å². The Morgan fingerprint density at radius 3 is 2.64 bits per heavy atom. The minimum absolute atomic E-state index is 0.187. The van der Waals surface area contributed by atoms with Crippen LogP contribution in [0.3, 0.4) is 0 Å². The van der Waals surface area contributed by atoms with Crippen LogP contribution in [0.5, 0.6) is 0 Å². The second kappa shape index (κ2) is 7.30. The lowest BCUT2D eigenvalue weighted by atomic mass is 10.2. The van der Waals surface area contributed by atoms with E-state index in [0.717, 1.165) is 17.0 Å². The van der Waals surface area contributed by atoms with Gasteiger partial charge in [0.15, 0.2) is 0 Å². The van der Waals surface area contributed by atoms with E-state index in [1.807, 2.05) is 42.7 Å². The Morgan fingerprint density at radius 2 is 1.92 bits per heavy atom. The fraction of sp³-hybridized carbons (Fsp3) is 0.200. The van der Waals surface area contributed by atoms with Crippen molar-refractivity contribution in [2.75, 3.05) is 0 Å². The molecule has 0 saturated heterocycles. The second-order valence-corrected chi connectivity index (χ2v) is 6.00. The summed E-state index contributed by atoms with van der Waals surface area (Å²) in [4.78, 5) is 16.9. The number of aromatic nitrogens is 2. The third kappa shape index (κ3) is 3.76. The maximum atomic E-state index is 14.0. The first-order valence-electron chi connectivity index (χ1n) is 8.14. The first-order valence-corrected chi connectivity index (χ1v) is 8.14. The summed E-state index contributed by atoms with van der Waals surface area (Å²) in [6, 6.07) is 14.1. The minimum Gasteiger partial charge on any atom is -0.345 e. The Kier molecular flexibility index (Phi) is 4.93. The van der Waals surface area contributed by atoms with Crippen molar-refractivity contribution >= 4 is 5.91 Å². The molecular weight excluding hydrogens is 317 g/mol. The molecule has 3 rings (SSSR count). The summed E-state index contributed by atoms with van der Waals surface area (Å²) < 4.78 is 15.8. The Labute approximate surface area is 146 Å².